The zero-order valence-electron chi connectivity index (χ0n) is 12.3. The molecule has 1 aromatic carbocycles. The number of fused-ring (bicyclic) bond motifs is 1. The second kappa shape index (κ2) is 5.35. The third kappa shape index (κ3) is 2.59. The smallest absolute Gasteiger partial charge is 0.486 e. The highest BCUT2D eigenvalue weighted by atomic mass is 16.8. The Morgan fingerprint density at radius 2 is 1.91 bits per heavy atom. The summed E-state index contributed by atoms with van der Waals surface area (Å²) in [6.45, 7) is 3.52. The summed E-state index contributed by atoms with van der Waals surface area (Å²) in [4.78, 5) is 13.5. The van der Waals surface area contributed by atoms with E-state index >= 15 is 0 Å². The highest BCUT2D eigenvalue weighted by Gasteiger charge is 2.45. The number of nitrogens with zero attached hydrogens (tertiary/aromatic N) is 1. The molecule has 3 heterocycles. The number of carbonyl (C=O) groups is 1. The number of carbonyl (C=O) groups excluding carboxylic acids is 1. The Morgan fingerprint density at radius 3 is 2.64 bits per heavy atom. The molecular formula is C16H19NO5. The number of ether oxygens (including phenoxy) is 4. The fourth-order valence-corrected chi connectivity index (χ4v) is 3.26. The highest BCUT2D eigenvalue weighted by molar-refractivity contribution is 5.62. The molecule has 0 aliphatic carbocycles. The van der Waals surface area contributed by atoms with Crippen LogP contribution in [0.1, 0.15) is 12.8 Å². The molecule has 2 fully saturated rings. The Morgan fingerprint density at radius 1 is 1.14 bits per heavy atom. The summed E-state index contributed by atoms with van der Waals surface area (Å²) >= 11 is 0. The molecule has 6 heteroatoms. The van der Waals surface area contributed by atoms with Crippen molar-refractivity contribution in [3.8, 4) is 11.5 Å². The molecule has 1 unspecified atom stereocenters. The van der Waals surface area contributed by atoms with Crippen molar-refractivity contribution in [3.05, 3.63) is 24.3 Å². The molecule has 0 radical (unpaired) electrons. The number of benzene rings is 1. The monoisotopic (exact) mass is 305 g/mol. The SMILES string of the molecule is O=C1OCC2(CCN(CC3COc4ccccc4O3)CC2)O1. The zero-order valence-corrected chi connectivity index (χ0v) is 12.3. The van der Waals surface area contributed by atoms with E-state index in [1.54, 1.807) is 0 Å². The second-order valence-electron chi connectivity index (χ2n) is 6.12. The number of piperidine rings is 1. The summed E-state index contributed by atoms with van der Waals surface area (Å²) in [7, 11) is 0. The molecular weight excluding hydrogens is 286 g/mol. The first-order valence-electron chi connectivity index (χ1n) is 7.69. The van der Waals surface area contributed by atoms with Crippen molar-refractivity contribution in [2.45, 2.75) is 24.5 Å². The molecule has 1 atom stereocenters. The first-order valence-corrected chi connectivity index (χ1v) is 7.69. The highest BCUT2D eigenvalue weighted by Crippen LogP contribution is 2.33. The van der Waals surface area contributed by atoms with Crippen LogP contribution in [0.25, 0.3) is 0 Å². The summed E-state index contributed by atoms with van der Waals surface area (Å²) in [6, 6.07) is 7.74. The molecule has 0 bridgehead atoms. The Balaban J connectivity index is 1.32. The number of para-hydroxylation sites is 2. The summed E-state index contributed by atoms with van der Waals surface area (Å²) in [5, 5.41) is 0. The van der Waals surface area contributed by atoms with Gasteiger partial charge >= 0.3 is 6.16 Å². The summed E-state index contributed by atoms with van der Waals surface area (Å²) in [5.74, 6) is 1.62. The maximum absolute atomic E-state index is 11.1. The van der Waals surface area contributed by atoms with Crippen LogP contribution in [0, 0.1) is 0 Å². The lowest BCUT2D eigenvalue weighted by Gasteiger charge is -2.38. The molecule has 6 nitrogen and oxygen atoms in total. The second-order valence-corrected chi connectivity index (χ2v) is 6.12. The van der Waals surface area contributed by atoms with Crippen molar-refractivity contribution in [3.63, 3.8) is 0 Å². The lowest BCUT2D eigenvalue weighted by Crippen LogP contribution is -2.49. The molecule has 0 amide bonds. The van der Waals surface area contributed by atoms with Crippen LogP contribution in [-0.4, -0.2) is 55.6 Å². The van der Waals surface area contributed by atoms with Gasteiger partial charge in [0.05, 0.1) is 0 Å². The number of cyclic esters (lactones) is 1. The van der Waals surface area contributed by atoms with E-state index in [-0.39, 0.29) is 6.10 Å². The lowest BCUT2D eigenvalue weighted by atomic mass is 9.92. The largest absolute Gasteiger partial charge is 0.509 e. The maximum Gasteiger partial charge on any atom is 0.509 e. The van der Waals surface area contributed by atoms with Crippen molar-refractivity contribution in [2.24, 2.45) is 0 Å². The first-order chi connectivity index (χ1) is 10.7. The van der Waals surface area contributed by atoms with Crippen molar-refractivity contribution in [1.82, 2.24) is 4.90 Å². The average Bonchev–Trinajstić information content (AvgIpc) is 2.91. The van der Waals surface area contributed by atoms with Gasteiger partial charge in [-0.25, -0.2) is 4.79 Å². The predicted molar refractivity (Wildman–Crippen MR) is 77.2 cm³/mol. The molecule has 1 aromatic rings. The predicted octanol–water partition coefficient (Wildman–Crippen LogP) is 1.83. The van der Waals surface area contributed by atoms with Gasteiger partial charge in [0.25, 0.3) is 0 Å². The van der Waals surface area contributed by atoms with E-state index in [9.17, 15) is 4.79 Å². The van der Waals surface area contributed by atoms with E-state index in [1.165, 1.54) is 0 Å². The number of hydrogen-bond acceptors (Lipinski definition) is 6. The number of hydrogen-bond donors (Lipinski definition) is 0. The van der Waals surface area contributed by atoms with Gasteiger partial charge in [0.1, 0.15) is 19.3 Å². The van der Waals surface area contributed by atoms with Crippen LogP contribution in [0.4, 0.5) is 4.79 Å². The minimum atomic E-state index is -0.533. The Labute approximate surface area is 128 Å². The zero-order chi connectivity index (χ0) is 15.0. The van der Waals surface area contributed by atoms with Crippen LogP contribution in [0.15, 0.2) is 24.3 Å². The quantitative estimate of drug-likeness (QED) is 0.777. The van der Waals surface area contributed by atoms with E-state index in [0.29, 0.717) is 13.2 Å². The molecule has 22 heavy (non-hydrogen) atoms. The molecule has 4 rings (SSSR count). The summed E-state index contributed by atoms with van der Waals surface area (Å²) in [6.07, 6.45) is 1.12. The van der Waals surface area contributed by atoms with Crippen molar-refractivity contribution < 1.29 is 23.7 Å². The van der Waals surface area contributed by atoms with Crippen molar-refractivity contribution >= 4 is 6.16 Å². The van der Waals surface area contributed by atoms with E-state index in [0.717, 1.165) is 44.0 Å². The standard InChI is InChI=1S/C16H19NO5/c18-15-20-11-16(22-15)5-7-17(8-6-16)9-12-10-19-13-3-1-2-4-14(13)21-12/h1-4,12H,5-11H2. The number of likely N-dealkylation sites (tertiary alicyclic amines) is 1. The topological polar surface area (TPSA) is 57.2 Å². The fraction of sp³-hybridized carbons (Fsp3) is 0.562. The molecule has 0 N–H and O–H groups in total. The van der Waals surface area contributed by atoms with E-state index in [2.05, 4.69) is 4.90 Å². The van der Waals surface area contributed by atoms with Crippen LogP contribution in [-0.2, 0) is 9.47 Å². The van der Waals surface area contributed by atoms with Crippen LogP contribution in [0.5, 0.6) is 11.5 Å². The van der Waals surface area contributed by atoms with Gasteiger partial charge in [-0.15, -0.1) is 0 Å². The maximum atomic E-state index is 11.1. The van der Waals surface area contributed by atoms with Gasteiger partial charge < -0.3 is 18.9 Å². The third-order valence-corrected chi connectivity index (χ3v) is 4.55. The molecule has 118 valence electrons. The average molecular weight is 305 g/mol. The van der Waals surface area contributed by atoms with Gasteiger partial charge in [0.2, 0.25) is 0 Å². The van der Waals surface area contributed by atoms with Crippen molar-refractivity contribution in [2.75, 3.05) is 32.8 Å². The minimum absolute atomic E-state index is 0.0336. The van der Waals surface area contributed by atoms with Gasteiger partial charge in [0.15, 0.2) is 17.1 Å². The van der Waals surface area contributed by atoms with Crippen LogP contribution in [0.3, 0.4) is 0 Å². The Hall–Kier alpha value is -1.95. The molecule has 2 saturated heterocycles. The summed E-state index contributed by atoms with van der Waals surface area (Å²) in [5.41, 5.74) is -0.399. The van der Waals surface area contributed by atoms with E-state index in [1.807, 2.05) is 24.3 Å². The first kappa shape index (κ1) is 13.7. The molecule has 1 spiro atoms. The molecule has 3 aliphatic rings. The Bertz CT molecular complexity index is 567. The van der Waals surface area contributed by atoms with E-state index < -0.39 is 11.8 Å². The third-order valence-electron chi connectivity index (χ3n) is 4.55. The van der Waals surface area contributed by atoms with Gasteiger partial charge in [0, 0.05) is 32.5 Å². The normalized spacial score (nSPS) is 26.5. The molecule has 0 saturated carbocycles. The number of rotatable bonds is 2. The van der Waals surface area contributed by atoms with Gasteiger partial charge in [-0.05, 0) is 12.1 Å². The Kier molecular flexibility index (Phi) is 3.33. The van der Waals surface area contributed by atoms with Gasteiger partial charge in [-0.3, -0.25) is 4.90 Å². The molecule has 0 aromatic heterocycles. The van der Waals surface area contributed by atoms with Crippen molar-refractivity contribution in [1.29, 1.82) is 0 Å². The van der Waals surface area contributed by atoms with Crippen LogP contribution in [0.2, 0.25) is 0 Å². The van der Waals surface area contributed by atoms with Gasteiger partial charge in [-0.2, -0.15) is 0 Å². The van der Waals surface area contributed by atoms with Gasteiger partial charge in [-0.1, -0.05) is 12.1 Å². The lowest BCUT2D eigenvalue weighted by molar-refractivity contribution is -0.0153. The fourth-order valence-electron chi connectivity index (χ4n) is 3.26. The molecule has 3 aliphatic heterocycles. The minimum Gasteiger partial charge on any atom is -0.486 e. The summed E-state index contributed by atoms with van der Waals surface area (Å²) < 4.78 is 22.0. The van der Waals surface area contributed by atoms with Crippen LogP contribution < -0.4 is 9.47 Å². The van der Waals surface area contributed by atoms with E-state index in [4.69, 9.17) is 18.9 Å². The van der Waals surface area contributed by atoms with Crippen LogP contribution >= 0.6 is 0 Å².